The Bertz CT molecular complexity index is 743. The summed E-state index contributed by atoms with van der Waals surface area (Å²) in [6.45, 7) is 0.666. The third-order valence-electron chi connectivity index (χ3n) is 3.24. The number of pyridine rings is 1. The Balaban J connectivity index is 1.63. The molecule has 3 heterocycles. The predicted octanol–water partition coefficient (Wildman–Crippen LogP) is 2.62. The third kappa shape index (κ3) is 3.25. The molecule has 3 rings (SSSR count). The van der Waals surface area contributed by atoms with E-state index in [0.717, 1.165) is 27.8 Å². The van der Waals surface area contributed by atoms with Gasteiger partial charge in [-0.25, -0.2) is 9.97 Å². The van der Waals surface area contributed by atoms with Crippen LogP contribution in [0.25, 0.3) is 11.3 Å². The second-order valence-electron chi connectivity index (χ2n) is 5.18. The van der Waals surface area contributed by atoms with E-state index < -0.39 is 0 Å². The molecule has 0 saturated carbocycles. The number of hydrogen-bond acceptors (Lipinski definition) is 6. The lowest BCUT2D eigenvalue weighted by Gasteiger charge is -2.12. The molecule has 0 amide bonds. The summed E-state index contributed by atoms with van der Waals surface area (Å²) >= 11 is 1.63. The topological polar surface area (TPSA) is 58.9 Å². The van der Waals surface area contributed by atoms with Crippen molar-refractivity contribution in [3.63, 3.8) is 0 Å². The molecule has 0 fully saturated rings. The number of thiazole rings is 1. The van der Waals surface area contributed by atoms with Crippen LogP contribution in [0.4, 0.5) is 11.5 Å². The highest BCUT2D eigenvalue weighted by atomic mass is 32.1. The Kier molecular flexibility index (Phi) is 4.06. The lowest BCUT2D eigenvalue weighted by Crippen LogP contribution is -2.09. The first-order valence-corrected chi connectivity index (χ1v) is 7.80. The van der Waals surface area contributed by atoms with Crippen molar-refractivity contribution in [2.24, 2.45) is 7.05 Å². The van der Waals surface area contributed by atoms with E-state index in [1.807, 2.05) is 56.8 Å². The summed E-state index contributed by atoms with van der Waals surface area (Å²) < 4.78 is 1.78. The Labute approximate surface area is 133 Å². The molecule has 0 radical (unpaired) electrons. The largest absolute Gasteiger partial charge is 0.376 e. The molecule has 1 N–H and O–H groups in total. The van der Waals surface area contributed by atoms with Gasteiger partial charge in [-0.05, 0) is 12.1 Å². The minimum Gasteiger partial charge on any atom is -0.376 e. The van der Waals surface area contributed by atoms with Crippen LogP contribution in [-0.2, 0) is 13.6 Å². The van der Waals surface area contributed by atoms with Gasteiger partial charge in [0.25, 0.3) is 0 Å². The fraction of sp³-hybridized carbons (Fsp3) is 0.267. The normalized spacial score (nSPS) is 10.7. The van der Waals surface area contributed by atoms with Crippen LogP contribution >= 0.6 is 11.3 Å². The van der Waals surface area contributed by atoms with Crippen molar-refractivity contribution < 1.29 is 0 Å². The van der Waals surface area contributed by atoms with E-state index in [1.54, 1.807) is 16.0 Å². The van der Waals surface area contributed by atoms with E-state index >= 15 is 0 Å². The van der Waals surface area contributed by atoms with Gasteiger partial charge < -0.3 is 10.2 Å². The zero-order chi connectivity index (χ0) is 15.5. The molecule has 0 aliphatic rings. The molecule has 3 aromatic rings. The molecule has 114 valence electrons. The fourth-order valence-corrected chi connectivity index (χ4v) is 2.74. The number of nitrogens with one attached hydrogen (secondary N) is 1. The maximum absolute atomic E-state index is 4.62. The van der Waals surface area contributed by atoms with E-state index in [9.17, 15) is 0 Å². The molecule has 0 bridgehead atoms. The van der Waals surface area contributed by atoms with E-state index in [0.29, 0.717) is 6.54 Å². The minimum atomic E-state index is 0.666. The molecule has 22 heavy (non-hydrogen) atoms. The molecule has 6 nitrogen and oxygen atoms in total. The lowest BCUT2D eigenvalue weighted by atomic mass is 10.3. The van der Waals surface area contributed by atoms with Crippen LogP contribution in [0.15, 0.2) is 36.1 Å². The van der Waals surface area contributed by atoms with Crippen LogP contribution in [-0.4, -0.2) is 33.8 Å². The summed E-state index contributed by atoms with van der Waals surface area (Å²) in [5.74, 6) is 0.851. The summed E-state index contributed by atoms with van der Waals surface area (Å²) in [5, 5.41) is 10.5. The van der Waals surface area contributed by atoms with Crippen molar-refractivity contribution >= 4 is 22.8 Å². The van der Waals surface area contributed by atoms with Crippen LogP contribution in [0.1, 0.15) is 5.01 Å². The average molecular weight is 314 g/mol. The van der Waals surface area contributed by atoms with E-state index in [1.165, 1.54) is 0 Å². The van der Waals surface area contributed by atoms with Crippen LogP contribution in [0.5, 0.6) is 0 Å². The first kappa shape index (κ1) is 14.5. The van der Waals surface area contributed by atoms with E-state index in [-0.39, 0.29) is 0 Å². The molecule has 0 aromatic carbocycles. The molecule has 0 atom stereocenters. The molecule has 0 aliphatic heterocycles. The molecule has 0 saturated heterocycles. The van der Waals surface area contributed by atoms with Crippen LogP contribution < -0.4 is 10.2 Å². The second-order valence-corrected chi connectivity index (χ2v) is 6.12. The monoisotopic (exact) mass is 314 g/mol. The van der Waals surface area contributed by atoms with Crippen molar-refractivity contribution in [3.05, 3.63) is 41.1 Å². The van der Waals surface area contributed by atoms with Crippen molar-refractivity contribution in [3.8, 4) is 11.3 Å². The predicted molar refractivity (Wildman–Crippen MR) is 90.2 cm³/mol. The summed E-state index contributed by atoms with van der Waals surface area (Å²) in [7, 11) is 5.90. The van der Waals surface area contributed by atoms with Gasteiger partial charge in [0.15, 0.2) is 0 Å². The molecule has 0 unspecified atom stereocenters. The Morgan fingerprint density at radius 3 is 2.77 bits per heavy atom. The molecule has 0 spiro atoms. The van der Waals surface area contributed by atoms with Gasteiger partial charge in [0.1, 0.15) is 10.8 Å². The van der Waals surface area contributed by atoms with Gasteiger partial charge in [0, 0.05) is 38.3 Å². The molecule has 7 heteroatoms. The summed E-state index contributed by atoms with van der Waals surface area (Å²) in [4.78, 5) is 11.0. The second kappa shape index (κ2) is 6.15. The maximum Gasteiger partial charge on any atom is 0.126 e. The Hall–Kier alpha value is -2.41. The smallest absolute Gasteiger partial charge is 0.126 e. The van der Waals surface area contributed by atoms with Gasteiger partial charge in [-0.2, -0.15) is 5.10 Å². The van der Waals surface area contributed by atoms with Crippen molar-refractivity contribution in [1.82, 2.24) is 19.7 Å². The van der Waals surface area contributed by atoms with Gasteiger partial charge in [0.05, 0.1) is 30.3 Å². The Morgan fingerprint density at radius 2 is 2.14 bits per heavy atom. The number of aryl methyl sites for hydroxylation is 1. The lowest BCUT2D eigenvalue weighted by molar-refractivity contribution is 0.768. The van der Waals surface area contributed by atoms with Gasteiger partial charge in [-0.1, -0.05) is 0 Å². The zero-order valence-corrected chi connectivity index (χ0v) is 13.6. The van der Waals surface area contributed by atoms with Gasteiger partial charge in [0.2, 0.25) is 0 Å². The SMILES string of the molecule is CN(C)c1ccc(NCc2nc(-c3cnn(C)c3)cs2)nc1. The first-order chi connectivity index (χ1) is 10.6. The molecular formula is C15H18N6S. The van der Waals surface area contributed by atoms with Gasteiger partial charge >= 0.3 is 0 Å². The van der Waals surface area contributed by atoms with Crippen LogP contribution in [0.2, 0.25) is 0 Å². The van der Waals surface area contributed by atoms with Crippen LogP contribution in [0, 0.1) is 0 Å². The Morgan fingerprint density at radius 1 is 1.27 bits per heavy atom. The summed E-state index contributed by atoms with van der Waals surface area (Å²) in [5.41, 5.74) is 3.09. The van der Waals surface area contributed by atoms with Crippen molar-refractivity contribution in [1.29, 1.82) is 0 Å². The van der Waals surface area contributed by atoms with Crippen molar-refractivity contribution in [2.45, 2.75) is 6.54 Å². The number of hydrogen-bond donors (Lipinski definition) is 1. The summed E-state index contributed by atoms with van der Waals surface area (Å²) in [6, 6.07) is 4.02. The van der Waals surface area contributed by atoms with Crippen molar-refractivity contribution in [2.75, 3.05) is 24.3 Å². The van der Waals surface area contributed by atoms with Gasteiger partial charge in [-0.15, -0.1) is 11.3 Å². The highest BCUT2D eigenvalue weighted by Gasteiger charge is 2.06. The number of anilines is 2. The summed E-state index contributed by atoms with van der Waals surface area (Å²) in [6.07, 6.45) is 5.65. The fourth-order valence-electron chi connectivity index (χ4n) is 2.00. The van der Waals surface area contributed by atoms with Gasteiger partial charge in [-0.3, -0.25) is 4.68 Å². The quantitative estimate of drug-likeness (QED) is 0.784. The number of aromatic nitrogens is 4. The average Bonchev–Trinajstić information content (AvgIpc) is 3.14. The third-order valence-corrected chi connectivity index (χ3v) is 4.09. The number of nitrogens with zero attached hydrogens (tertiary/aromatic N) is 5. The highest BCUT2D eigenvalue weighted by molar-refractivity contribution is 7.09. The molecular weight excluding hydrogens is 296 g/mol. The van der Waals surface area contributed by atoms with Crippen LogP contribution in [0.3, 0.4) is 0 Å². The molecule has 0 aliphatic carbocycles. The molecule has 3 aromatic heterocycles. The first-order valence-electron chi connectivity index (χ1n) is 6.92. The standard InChI is InChI=1S/C15H18N6S/c1-20(2)12-4-5-14(16-7-12)17-8-15-19-13(10-22-15)11-6-18-21(3)9-11/h4-7,9-10H,8H2,1-3H3,(H,16,17). The minimum absolute atomic E-state index is 0.666. The maximum atomic E-state index is 4.62. The number of rotatable bonds is 5. The zero-order valence-electron chi connectivity index (χ0n) is 12.8. The van der Waals surface area contributed by atoms with E-state index in [4.69, 9.17) is 0 Å². The highest BCUT2D eigenvalue weighted by Crippen LogP contribution is 2.22. The van der Waals surface area contributed by atoms with E-state index in [2.05, 4.69) is 25.8 Å².